The highest BCUT2D eigenvalue weighted by atomic mass is 32.2. The van der Waals surface area contributed by atoms with Crippen LogP contribution in [0.15, 0.2) is 42.6 Å². The zero-order chi connectivity index (χ0) is 40.8. The van der Waals surface area contributed by atoms with E-state index in [2.05, 4.69) is 27.3 Å². The molecule has 0 radical (unpaired) electrons. The number of nitrogens with one attached hydrogen (secondary N) is 3. The Morgan fingerprint density at radius 2 is 1.82 bits per heavy atom. The molecule has 1 aromatic heterocycles. The number of fused-ring (bicyclic) bond motifs is 3. The highest BCUT2D eigenvalue weighted by molar-refractivity contribution is 7.91. The Kier molecular flexibility index (Phi) is 11.4. The monoisotopic (exact) mass is 795 g/mol. The topological polar surface area (TPSA) is 182 Å². The van der Waals surface area contributed by atoms with E-state index in [0.29, 0.717) is 42.7 Å². The molecule has 56 heavy (non-hydrogen) atoms. The van der Waals surface area contributed by atoms with Crippen molar-refractivity contribution in [2.24, 2.45) is 17.8 Å². The molecule has 2 aliphatic carbocycles. The van der Waals surface area contributed by atoms with E-state index in [1.54, 1.807) is 33.9 Å². The van der Waals surface area contributed by atoms with Crippen molar-refractivity contribution >= 4 is 44.6 Å². The Balaban J connectivity index is 1.34. The van der Waals surface area contributed by atoms with Crippen LogP contribution >= 0.6 is 0 Å². The molecule has 1 saturated heterocycles. The second-order valence-corrected chi connectivity index (χ2v) is 19.9. The van der Waals surface area contributed by atoms with E-state index in [9.17, 15) is 27.6 Å². The van der Waals surface area contributed by atoms with E-state index >= 15 is 0 Å². The van der Waals surface area contributed by atoms with Gasteiger partial charge in [-0.05, 0) is 122 Å². The van der Waals surface area contributed by atoms with Crippen LogP contribution in [0.5, 0.6) is 11.6 Å². The number of carbonyl (C=O) groups excluding carboxylic acids is 4. The van der Waals surface area contributed by atoms with Crippen LogP contribution in [0.2, 0.25) is 0 Å². The Bertz CT molecular complexity index is 1990. The fraction of sp³-hybridized carbons (Fsp3) is 0.634. The molecule has 3 heterocycles. The van der Waals surface area contributed by atoms with Crippen molar-refractivity contribution in [3.63, 3.8) is 0 Å². The second kappa shape index (κ2) is 15.5. The number of sulfonamides is 1. The van der Waals surface area contributed by atoms with Crippen LogP contribution < -0.4 is 24.8 Å². The number of nitrogens with zero attached hydrogens (tertiary/aromatic N) is 2. The number of hydrogen-bond acceptors (Lipinski definition) is 10. The molecule has 0 bridgehead atoms. The highest BCUT2D eigenvalue weighted by Crippen LogP contribution is 2.47. The molecule has 3 fully saturated rings. The summed E-state index contributed by atoms with van der Waals surface area (Å²) in [6.45, 7) is 14.6. The number of allylic oxidation sites excluding steroid dienone is 1. The van der Waals surface area contributed by atoms with Crippen LogP contribution in [0.25, 0.3) is 10.8 Å². The van der Waals surface area contributed by atoms with Crippen molar-refractivity contribution in [2.45, 2.75) is 141 Å². The summed E-state index contributed by atoms with van der Waals surface area (Å²) < 4.78 is 45.6. The number of alkyl carbamates (subject to hydrolysis) is 1. The van der Waals surface area contributed by atoms with Gasteiger partial charge in [0, 0.05) is 23.9 Å². The Morgan fingerprint density at radius 3 is 2.50 bits per heavy atom. The second-order valence-electron chi connectivity index (χ2n) is 17.8. The number of hydrogen-bond donors (Lipinski definition) is 3. The van der Waals surface area contributed by atoms with Crippen molar-refractivity contribution in [3.05, 3.63) is 42.6 Å². The van der Waals surface area contributed by atoms with E-state index in [-0.39, 0.29) is 37.3 Å². The lowest BCUT2D eigenvalue weighted by molar-refractivity contribution is -0.142. The number of carbonyl (C=O) groups is 4. The molecule has 306 valence electrons. The van der Waals surface area contributed by atoms with Crippen LogP contribution in [0, 0.1) is 17.8 Å². The highest BCUT2D eigenvalue weighted by Gasteiger charge is 2.63. The van der Waals surface area contributed by atoms with Crippen LogP contribution in [0.4, 0.5) is 4.79 Å². The summed E-state index contributed by atoms with van der Waals surface area (Å²) in [5.74, 6) is -1.55. The van der Waals surface area contributed by atoms with Crippen molar-refractivity contribution < 1.29 is 41.8 Å². The molecule has 14 nitrogen and oxygen atoms in total. The molecular weight excluding hydrogens is 739 g/mol. The Hall–Kier alpha value is -4.40. The Labute approximate surface area is 329 Å². The predicted octanol–water partition coefficient (Wildman–Crippen LogP) is 5.15. The number of amides is 4. The summed E-state index contributed by atoms with van der Waals surface area (Å²) in [7, 11) is -4.00. The smallest absolute Gasteiger partial charge is 0.408 e. The summed E-state index contributed by atoms with van der Waals surface area (Å²) in [5, 5.41) is 7.27. The average molecular weight is 796 g/mol. The maximum Gasteiger partial charge on any atom is 0.408 e. The molecule has 0 unspecified atom stereocenters. The van der Waals surface area contributed by atoms with Crippen LogP contribution in [-0.2, 0) is 29.1 Å². The first-order valence-corrected chi connectivity index (χ1v) is 21.3. The van der Waals surface area contributed by atoms with E-state index in [1.165, 1.54) is 4.90 Å². The zero-order valence-corrected chi connectivity index (χ0v) is 34.5. The standard InChI is InChI=1S/C41H57N5O9S/c1-24(2)53-29-13-14-31-27(20-29)15-18-42-35(31)54-30-21-32-34(47)44-41(37(49)45-56(51,52)40(8)16-17-40)22-28(41)12-10-9-11-25(3)19-26(4)33(36(48)46(32)23-30)43-38(50)55-39(5,6)7/h10,12-15,18,20,24-26,28,30,32-33H,9,11,16-17,19,21-23H2,1-8H3,(H,43,50)(H,44,47)(H,45,49)/b12-10-/t25-,26-,28-,30-,32+,33+,41-/m1/s1. The third-order valence-electron chi connectivity index (χ3n) is 11.3. The lowest BCUT2D eigenvalue weighted by atomic mass is 9.88. The summed E-state index contributed by atoms with van der Waals surface area (Å²) in [5.41, 5.74) is -2.35. The van der Waals surface area contributed by atoms with Gasteiger partial charge in [-0.15, -0.1) is 0 Å². The SMILES string of the molecule is CC(C)Oc1ccc2c(O[C@@H]3C[C@H]4C(=O)N[C@]5(C(=O)NS(=O)(=O)C6(C)CC6)C[C@H]5/C=C\CC[C@@H](C)C[C@@H](C)[C@H](NC(=O)OC(C)(C)C)C(=O)N4C3)nccc2c1. The molecule has 4 aliphatic rings. The van der Waals surface area contributed by atoms with Crippen molar-refractivity contribution in [2.75, 3.05) is 6.54 Å². The van der Waals surface area contributed by atoms with Crippen LogP contribution in [0.1, 0.15) is 100 Å². The Morgan fingerprint density at radius 1 is 1.09 bits per heavy atom. The number of aromatic nitrogens is 1. The van der Waals surface area contributed by atoms with Gasteiger partial charge >= 0.3 is 6.09 Å². The normalized spacial score (nSPS) is 29.8. The molecule has 2 saturated carbocycles. The first kappa shape index (κ1) is 41.2. The molecule has 3 N–H and O–H groups in total. The minimum Gasteiger partial charge on any atom is -0.491 e. The molecule has 1 aromatic carbocycles. The maximum atomic E-state index is 14.8. The molecule has 7 atom stereocenters. The number of ether oxygens (including phenoxy) is 3. The maximum absolute atomic E-state index is 14.8. The number of pyridine rings is 1. The van der Waals surface area contributed by atoms with Gasteiger partial charge in [-0.1, -0.05) is 26.0 Å². The van der Waals surface area contributed by atoms with E-state index in [0.717, 1.165) is 11.8 Å². The van der Waals surface area contributed by atoms with Crippen LogP contribution in [-0.4, -0.2) is 88.8 Å². The minimum atomic E-state index is -4.00. The van der Waals surface area contributed by atoms with Crippen molar-refractivity contribution in [1.29, 1.82) is 0 Å². The van der Waals surface area contributed by atoms with Gasteiger partial charge < -0.3 is 29.7 Å². The molecule has 4 amide bonds. The lowest BCUT2D eigenvalue weighted by Gasteiger charge is -2.33. The predicted molar refractivity (Wildman–Crippen MR) is 210 cm³/mol. The quantitative estimate of drug-likeness (QED) is 0.303. The summed E-state index contributed by atoms with van der Waals surface area (Å²) in [4.78, 5) is 62.4. The van der Waals surface area contributed by atoms with Crippen LogP contribution in [0.3, 0.4) is 0 Å². The summed E-state index contributed by atoms with van der Waals surface area (Å²) in [6, 6.07) is 5.24. The number of rotatable bonds is 8. The van der Waals surface area contributed by atoms with E-state index in [1.807, 2.05) is 57.2 Å². The van der Waals surface area contributed by atoms with Gasteiger partial charge in [0.25, 0.3) is 5.91 Å². The van der Waals surface area contributed by atoms with Gasteiger partial charge in [-0.3, -0.25) is 19.1 Å². The summed E-state index contributed by atoms with van der Waals surface area (Å²) in [6.07, 6.45) is 7.13. The molecular formula is C41H57N5O9S. The lowest BCUT2D eigenvalue weighted by Crippen LogP contribution is -2.59. The van der Waals surface area contributed by atoms with Gasteiger partial charge in [0.15, 0.2) is 0 Å². The minimum absolute atomic E-state index is 0.0180. The molecule has 15 heteroatoms. The van der Waals surface area contributed by atoms with Gasteiger partial charge in [0.2, 0.25) is 27.7 Å². The van der Waals surface area contributed by atoms with E-state index in [4.69, 9.17) is 14.2 Å². The van der Waals surface area contributed by atoms with Crippen molar-refractivity contribution in [3.8, 4) is 11.6 Å². The zero-order valence-electron chi connectivity index (χ0n) is 33.7. The van der Waals surface area contributed by atoms with Gasteiger partial charge in [0.05, 0.1) is 17.4 Å². The first-order valence-electron chi connectivity index (χ1n) is 19.8. The average Bonchev–Trinajstić information content (AvgIpc) is 3.97. The summed E-state index contributed by atoms with van der Waals surface area (Å²) >= 11 is 0. The third kappa shape index (κ3) is 9.08. The molecule has 6 rings (SSSR count). The van der Waals surface area contributed by atoms with Gasteiger partial charge in [-0.2, -0.15) is 0 Å². The van der Waals surface area contributed by atoms with E-state index < -0.39 is 73.8 Å². The fourth-order valence-corrected chi connectivity index (χ4v) is 9.07. The number of benzene rings is 1. The van der Waals surface area contributed by atoms with Gasteiger partial charge in [-0.25, -0.2) is 18.2 Å². The molecule has 2 aromatic rings. The van der Waals surface area contributed by atoms with Gasteiger partial charge in [0.1, 0.15) is 35.1 Å². The van der Waals surface area contributed by atoms with Crippen molar-refractivity contribution in [1.82, 2.24) is 25.2 Å². The largest absolute Gasteiger partial charge is 0.491 e. The third-order valence-corrected chi connectivity index (χ3v) is 13.4. The fourth-order valence-electron chi connectivity index (χ4n) is 7.76. The molecule has 2 aliphatic heterocycles. The molecule has 0 spiro atoms. The first-order chi connectivity index (χ1) is 26.2.